The molecule has 1 aliphatic heterocycles. The lowest BCUT2D eigenvalue weighted by molar-refractivity contribution is -0.0361. The minimum absolute atomic E-state index is 0.0443. The Morgan fingerprint density at radius 3 is 2.18 bits per heavy atom. The minimum Gasteiger partial charge on any atom is -0.490 e. The van der Waals surface area contributed by atoms with Gasteiger partial charge in [-0.2, -0.15) is 0 Å². The number of carboxylic acids is 1. The number of alkyl halides is 2. The van der Waals surface area contributed by atoms with Crippen molar-refractivity contribution in [2.45, 2.75) is 62.8 Å². The van der Waals surface area contributed by atoms with E-state index in [-0.39, 0.29) is 52.5 Å². The molecule has 3 atom stereocenters. The highest BCUT2D eigenvalue weighted by Crippen LogP contribution is 2.52. The van der Waals surface area contributed by atoms with Crippen molar-refractivity contribution in [1.82, 2.24) is 0 Å². The molecule has 1 spiro atoms. The third kappa shape index (κ3) is 6.13. The molecule has 0 saturated heterocycles. The van der Waals surface area contributed by atoms with Crippen LogP contribution in [0.2, 0.25) is 10.1 Å². The van der Waals surface area contributed by atoms with Crippen molar-refractivity contribution in [3.05, 3.63) is 119 Å². The van der Waals surface area contributed by atoms with Crippen molar-refractivity contribution in [3.63, 3.8) is 0 Å². The number of rotatable bonds is 8. The van der Waals surface area contributed by atoms with Crippen LogP contribution in [0.5, 0.6) is 5.75 Å². The fraction of sp³-hybridized carbons (Fsp3) is 0.390. The molecule has 1 saturated carbocycles. The van der Waals surface area contributed by atoms with E-state index in [0.717, 1.165) is 12.8 Å². The number of hydrogen-bond donors (Lipinski definition) is 1. The Morgan fingerprint density at radius 1 is 0.920 bits per heavy atom. The van der Waals surface area contributed by atoms with Crippen LogP contribution in [0.4, 0.5) is 14.5 Å². The average molecular weight is 716 g/mol. The molecule has 1 N–H and O–H groups in total. The Balaban J connectivity index is 1.22. The molecule has 5 nitrogen and oxygen atoms in total. The number of benzene rings is 4. The maximum absolute atomic E-state index is 15.4. The lowest BCUT2D eigenvalue weighted by Crippen LogP contribution is -2.67. The summed E-state index contributed by atoms with van der Waals surface area (Å²) < 4.78 is 44.5. The van der Waals surface area contributed by atoms with E-state index in [4.69, 9.17) is 20.8 Å². The summed E-state index contributed by atoms with van der Waals surface area (Å²) in [7, 11) is -2.73. The van der Waals surface area contributed by atoms with Crippen LogP contribution >= 0.6 is 11.6 Å². The van der Waals surface area contributed by atoms with Crippen LogP contribution in [-0.2, 0) is 15.8 Å². The minimum atomic E-state index is -3.00. The highest BCUT2D eigenvalue weighted by molar-refractivity contribution is 6.99. The first kappa shape index (κ1) is 34.7. The predicted molar refractivity (Wildman–Crippen MR) is 197 cm³/mol. The zero-order valence-electron chi connectivity index (χ0n) is 28.8. The number of carboxylic acid groups (broad SMARTS) is 1. The average Bonchev–Trinajstić information content (AvgIpc) is 3.24. The SMILES string of the molecule is CC(C)(C)[Si](OC[C@@H]1CC[C@H]1CN1C[C@@]2(CCC(F)(F)c3cc(Cl)ccc32)COc2ccc(C(=O)O)cc21)(c1ccccc1)c1ccccc1. The molecule has 0 amide bonds. The maximum Gasteiger partial charge on any atom is 0.335 e. The molecule has 262 valence electrons. The lowest BCUT2D eigenvalue weighted by atomic mass is 9.68. The van der Waals surface area contributed by atoms with Gasteiger partial charge in [-0.25, -0.2) is 13.6 Å². The molecular formula is C41H44ClF2NO4Si. The van der Waals surface area contributed by atoms with Crippen molar-refractivity contribution in [2.24, 2.45) is 11.8 Å². The van der Waals surface area contributed by atoms with Gasteiger partial charge in [-0.15, -0.1) is 0 Å². The third-order valence-electron chi connectivity index (χ3n) is 11.4. The van der Waals surface area contributed by atoms with Gasteiger partial charge in [0.05, 0.1) is 17.9 Å². The number of ether oxygens (including phenoxy) is 1. The highest BCUT2D eigenvalue weighted by atomic mass is 35.5. The van der Waals surface area contributed by atoms with Gasteiger partial charge in [0.15, 0.2) is 0 Å². The van der Waals surface area contributed by atoms with Crippen LogP contribution < -0.4 is 20.0 Å². The Hall–Kier alpha value is -3.72. The quantitative estimate of drug-likeness (QED) is 0.185. The molecular weight excluding hydrogens is 672 g/mol. The number of hydrogen-bond acceptors (Lipinski definition) is 4. The number of nitrogens with zero attached hydrogens (tertiary/aromatic N) is 1. The van der Waals surface area contributed by atoms with Gasteiger partial charge >= 0.3 is 5.97 Å². The largest absolute Gasteiger partial charge is 0.490 e. The van der Waals surface area contributed by atoms with Gasteiger partial charge in [0.25, 0.3) is 14.2 Å². The second-order valence-electron chi connectivity index (χ2n) is 15.4. The molecule has 0 aromatic heterocycles. The summed E-state index contributed by atoms with van der Waals surface area (Å²) in [6, 6.07) is 31.0. The standard InChI is InChI=1S/C41H44ClF2NO4Si/c1-39(2,3)50(32-10-6-4-7-11-32,33-12-8-5-9-13-33)49-25-30-15-14-29(30)24-45-26-40(27-48-37-19-16-28(38(46)47)22-36(37)45)20-21-41(43,44)35-23-31(42)17-18-34(35)40/h4-13,16-19,22-23,29-30H,14-15,20-21,24-27H2,1-3H3,(H,46,47)/t29-,30-,40-/m0/s1. The van der Waals surface area contributed by atoms with Gasteiger partial charge in [-0.3, -0.25) is 0 Å². The zero-order valence-corrected chi connectivity index (χ0v) is 30.6. The Morgan fingerprint density at radius 2 is 1.58 bits per heavy atom. The summed E-state index contributed by atoms with van der Waals surface area (Å²) in [6.45, 7) is 8.71. The van der Waals surface area contributed by atoms with Crippen LogP contribution in [0.15, 0.2) is 97.1 Å². The summed E-state index contributed by atoms with van der Waals surface area (Å²) >= 11 is 6.25. The van der Waals surface area contributed by atoms with Crippen LogP contribution in [0.1, 0.15) is 67.9 Å². The van der Waals surface area contributed by atoms with Crippen LogP contribution in [-0.4, -0.2) is 45.7 Å². The second kappa shape index (κ2) is 13.1. The number of fused-ring (bicyclic) bond motifs is 3. The molecule has 50 heavy (non-hydrogen) atoms. The zero-order chi connectivity index (χ0) is 35.3. The van der Waals surface area contributed by atoms with Crippen molar-refractivity contribution >= 4 is 41.9 Å². The molecule has 9 heteroatoms. The molecule has 0 unspecified atom stereocenters. The summed E-state index contributed by atoms with van der Waals surface area (Å²) in [5.74, 6) is -2.91. The van der Waals surface area contributed by atoms with E-state index in [0.29, 0.717) is 36.7 Å². The van der Waals surface area contributed by atoms with Crippen molar-refractivity contribution in [3.8, 4) is 5.75 Å². The van der Waals surface area contributed by atoms with Gasteiger partial charge in [0.1, 0.15) is 5.75 Å². The normalized spacial score (nSPS) is 22.9. The van der Waals surface area contributed by atoms with Gasteiger partial charge in [-0.1, -0.05) is 99.1 Å². The number of halogens is 3. The summed E-state index contributed by atoms with van der Waals surface area (Å²) in [5.41, 5.74) is 0.630. The first-order valence-corrected chi connectivity index (χ1v) is 19.8. The van der Waals surface area contributed by atoms with Gasteiger partial charge in [0.2, 0.25) is 0 Å². The first-order valence-electron chi connectivity index (χ1n) is 17.5. The molecule has 2 aliphatic carbocycles. The molecule has 4 aromatic rings. The van der Waals surface area contributed by atoms with Gasteiger partial charge < -0.3 is 19.2 Å². The molecule has 0 bridgehead atoms. The summed E-state index contributed by atoms with van der Waals surface area (Å²) in [4.78, 5) is 14.3. The number of anilines is 1. The van der Waals surface area contributed by atoms with E-state index in [9.17, 15) is 9.90 Å². The number of carbonyl (C=O) groups is 1. The highest BCUT2D eigenvalue weighted by Gasteiger charge is 2.53. The summed E-state index contributed by atoms with van der Waals surface area (Å²) in [6.07, 6.45) is 1.94. The Labute approximate surface area is 299 Å². The molecule has 4 aromatic carbocycles. The van der Waals surface area contributed by atoms with E-state index in [2.05, 4.69) is 74.2 Å². The van der Waals surface area contributed by atoms with Crippen LogP contribution in [0, 0.1) is 11.8 Å². The molecule has 1 fully saturated rings. The molecule has 3 aliphatic rings. The predicted octanol–water partition coefficient (Wildman–Crippen LogP) is 8.66. The number of aromatic carboxylic acids is 1. The fourth-order valence-corrected chi connectivity index (χ4v) is 13.3. The van der Waals surface area contributed by atoms with Crippen molar-refractivity contribution in [1.29, 1.82) is 0 Å². The lowest BCUT2D eigenvalue weighted by Gasteiger charge is -2.47. The molecule has 0 radical (unpaired) electrons. The van der Waals surface area contributed by atoms with E-state index >= 15 is 8.78 Å². The van der Waals surface area contributed by atoms with Crippen molar-refractivity contribution < 1.29 is 27.8 Å². The third-order valence-corrected chi connectivity index (χ3v) is 16.6. The smallest absolute Gasteiger partial charge is 0.335 e. The summed E-state index contributed by atoms with van der Waals surface area (Å²) in [5, 5.41) is 12.5. The topological polar surface area (TPSA) is 59.0 Å². The van der Waals surface area contributed by atoms with E-state index in [1.54, 1.807) is 30.3 Å². The maximum atomic E-state index is 15.4. The van der Waals surface area contributed by atoms with E-state index in [1.165, 1.54) is 16.4 Å². The van der Waals surface area contributed by atoms with Gasteiger partial charge in [0, 0.05) is 42.1 Å². The van der Waals surface area contributed by atoms with Crippen LogP contribution in [0.25, 0.3) is 0 Å². The van der Waals surface area contributed by atoms with E-state index in [1.807, 2.05) is 12.1 Å². The monoisotopic (exact) mass is 715 g/mol. The molecule has 7 rings (SSSR count). The Kier molecular flexibility index (Phi) is 9.10. The fourth-order valence-electron chi connectivity index (χ4n) is 8.53. The Bertz CT molecular complexity index is 1830. The van der Waals surface area contributed by atoms with E-state index < -0.39 is 25.6 Å². The van der Waals surface area contributed by atoms with Crippen molar-refractivity contribution in [2.75, 3.05) is 31.2 Å². The van der Waals surface area contributed by atoms with Crippen LogP contribution in [0.3, 0.4) is 0 Å². The van der Waals surface area contributed by atoms with Gasteiger partial charge in [-0.05, 0) is 82.4 Å². The molecule has 1 heterocycles. The first-order chi connectivity index (χ1) is 23.8. The second-order valence-corrected chi connectivity index (χ2v) is 20.1.